The summed E-state index contributed by atoms with van der Waals surface area (Å²) in [5.74, 6) is 0.320. The first-order chi connectivity index (χ1) is 19.9. The SMILES string of the molecule is C=CC(=O)N1CCN(C2NC(OC[C@H]3CCCN3C)NC3C[C@@]4(CCCc5c(Cl)cccc54)CCC32)C[C@H]1CC#N. The van der Waals surface area contributed by atoms with Crippen molar-refractivity contribution in [1.29, 1.82) is 5.26 Å². The van der Waals surface area contributed by atoms with Crippen LogP contribution in [0, 0.1) is 17.2 Å². The van der Waals surface area contributed by atoms with E-state index < -0.39 is 0 Å². The van der Waals surface area contributed by atoms with Gasteiger partial charge >= 0.3 is 0 Å². The van der Waals surface area contributed by atoms with Gasteiger partial charge in [-0.3, -0.25) is 20.3 Å². The van der Waals surface area contributed by atoms with Gasteiger partial charge in [0, 0.05) is 42.7 Å². The predicted octanol–water partition coefficient (Wildman–Crippen LogP) is 3.61. The van der Waals surface area contributed by atoms with Crippen LogP contribution in [0.25, 0.3) is 0 Å². The summed E-state index contributed by atoms with van der Waals surface area (Å²) in [5.41, 5.74) is 2.95. The standard InChI is InChI=1S/C32H45ClN6O2/c1-3-29(40)39-18-17-38(20-22(39)12-15-34)30-25-11-14-32(13-5-8-24-26(32)9-4-10-27(24)33)19-28(25)35-31(36-30)41-21-23-7-6-16-37(23)2/h3-4,9-10,22-23,25,28,30-31,35-36H,1,5-8,11-14,16-21H2,2H3/t22-,23-,25?,28?,30?,31?,32-/m1/s1. The number of fused-ring (bicyclic) bond motifs is 3. The Hall–Kier alpha value is -1.99. The summed E-state index contributed by atoms with van der Waals surface area (Å²) in [5, 5.41) is 18.2. The Kier molecular flexibility index (Phi) is 8.74. The van der Waals surface area contributed by atoms with Gasteiger partial charge in [0.05, 0.1) is 31.3 Å². The van der Waals surface area contributed by atoms with Gasteiger partial charge in [0.2, 0.25) is 5.91 Å². The van der Waals surface area contributed by atoms with Crippen molar-refractivity contribution < 1.29 is 9.53 Å². The number of benzene rings is 1. The van der Waals surface area contributed by atoms with Crippen LogP contribution in [-0.2, 0) is 21.4 Å². The van der Waals surface area contributed by atoms with Gasteiger partial charge in [-0.2, -0.15) is 5.26 Å². The van der Waals surface area contributed by atoms with Crippen LogP contribution in [0.1, 0.15) is 62.5 Å². The van der Waals surface area contributed by atoms with Crippen LogP contribution in [0.4, 0.5) is 0 Å². The Morgan fingerprint density at radius 1 is 1.22 bits per heavy atom. The smallest absolute Gasteiger partial charge is 0.246 e. The third-order valence-electron chi connectivity index (χ3n) is 10.8. The highest BCUT2D eigenvalue weighted by Gasteiger charge is 2.51. The van der Waals surface area contributed by atoms with Crippen LogP contribution < -0.4 is 10.6 Å². The molecule has 0 radical (unpaired) electrons. The summed E-state index contributed by atoms with van der Waals surface area (Å²) in [6, 6.07) is 9.43. The van der Waals surface area contributed by atoms with Gasteiger partial charge in [-0.05, 0) is 93.6 Å². The fourth-order valence-electron chi connectivity index (χ4n) is 8.61. The fourth-order valence-corrected chi connectivity index (χ4v) is 8.88. The zero-order valence-electron chi connectivity index (χ0n) is 24.4. The number of nitrogens with one attached hydrogen (secondary N) is 2. The zero-order chi connectivity index (χ0) is 28.6. The molecule has 222 valence electrons. The number of halogens is 1. The number of nitrogens with zero attached hydrogens (tertiary/aromatic N) is 4. The largest absolute Gasteiger partial charge is 0.348 e. The van der Waals surface area contributed by atoms with Gasteiger partial charge in [0.25, 0.3) is 0 Å². The molecular weight excluding hydrogens is 536 g/mol. The molecule has 0 aromatic heterocycles. The monoisotopic (exact) mass is 580 g/mol. The first-order valence-electron chi connectivity index (χ1n) is 15.6. The van der Waals surface area contributed by atoms with Crippen LogP contribution >= 0.6 is 11.6 Å². The van der Waals surface area contributed by atoms with Crippen LogP contribution in [0.2, 0.25) is 5.02 Å². The van der Waals surface area contributed by atoms with Gasteiger partial charge in [-0.1, -0.05) is 30.3 Å². The van der Waals surface area contributed by atoms with Crippen molar-refractivity contribution in [3.63, 3.8) is 0 Å². The molecular formula is C32H45ClN6O2. The minimum atomic E-state index is -0.241. The summed E-state index contributed by atoms with van der Waals surface area (Å²) >= 11 is 6.72. The molecule has 3 saturated heterocycles. The van der Waals surface area contributed by atoms with E-state index in [4.69, 9.17) is 16.3 Å². The summed E-state index contributed by atoms with van der Waals surface area (Å²) in [6.45, 7) is 7.57. The molecule has 3 heterocycles. The Bertz CT molecular complexity index is 1170. The number of likely N-dealkylation sites (N-methyl/N-ethyl adjacent to an activating group) is 1. The topological polar surface area (TPSA) is 83.9 Å². The minimum Gasteiger partial charge on any atom is -0.348 e. The molecule has 3 aliphatic heterocycles. The van der Waals surface area contributed by atoms with Crippen molar-refractivity contribution >= 4 is 17.5 Å². The number of ether oxygens (including phenoxy) is 1. The number of carbonyl (C=O) groups excluding carboxylic acids is 1. The average molecular weight is 581 g/mol. The van der Waals surface area contributed by atoms with Crippen LogP contribution in [0.15, 0.2) is 30.9 Å². The van der Waals surface area contributed by atoms with Crippen LogP contribution in [0.3, 0.4) is 0 Å². The third kappa shape index (κ3) is 5.70. The van der Waals surface area contributed by atoms with Gasteiger partial charge in [-0.15, -0.1) is 0 Å². The Balaban J connectivity index is 1.25. The van der Waals surface area contributed by atoms with E-state index in [1.807, 2.05) is 11.0 Å². The molecule has 4 unspecified atom stereocenters. The summed E-state index contributed by atoms with van der Waals surface area (Å²) < 4.78 is 6.58. The van der Waals surface area contributed by atoms with Crippen molar-refractivity contribution in [3.05, 3.63) is 47.0 Å². The van der Waals surface area contributed by atoms with Crippen molar-refractivity contribution in [2.24, 2.45) is 5.92 Å². The molecule has 1 spiro atoms. The maximum atomic E-state index is 12.6. The number of hydrogen-bond acceptors (Lipinski definition) is 7. The summed E-state index contributed by atoms with van der Waals surface area (Å²) in [4.78, 5) is 19.3. The van der Waals surface area contributed by atoms with Gasteiger partial charge < -0.3 is 14.5 Å². The molecule has 41 heavy (non-hydrogen) atoms. The van der Waals surface area contributed by atoms with Crippen LogP contribution in [-0.4, -0.2) is 91.1 Å². The van der Waals surface area contributed by atoms with E-state index in [2.05, 4.69) is 52.3 Å². The van der Waals surface area contributed by atoms with Crippen molar-refractivity contribution in [3.8, 4) is 6.07 Å². The highest BCUT2D eigenvalue weighted by atomic mass is 35.5. The van der Waals surface area contributed by atoms with E-state index in [0.717, 1.165) is 43.8 Å². The lowest BCUT2D eigenvalue weighted by molar-refractivity contribution is -0.136. The van der Waals surface area contributed by atoms with E-state index in [9.17, 15) is 10.1 Å². The molecule has 7 atom stereocenters. The molecule has 5 aliphatic rings. The molecule has 1 aromatic carbocycles. The highest BCUT2D eigenvalue weighted by molar-refractivity contribution is 6.31. The third-order valence-corrected chi connectivity index (χ3v) is 11.1. The fraction of sp³-hybridized carbons (Fsp3) is 0.688. The van der Waals surface area contributed by atoms with Crippen molar-refractivity contribution in [1.82, 2.24) is 25.3 Å². The van der Waals surface area contributed by atoms with E-state index in [0.29, 0.717) is 44.1 Å². The molecule has 1 aromatic rings. The average Bonchev–Trinajstić information content (AvgIpc) is 3.40. The molecule has 8 nitrogen and oxygen atoms in total. The van der Waals surface area contributed by atoms with E-state index >= 15 is 0 Å². The minimum absolute atomic E-state index is 0.0860. The zero-order valence-corrected chi connectivity index (χ0v) is 25.1. The lowest BCUT2D eigenvalue weighted by Gasteiger charge is -2.56. The number of rotatable bonds is 6. The maximum absolute atomic E-state index is 12.6. The molecule has 0 bridgehead atoms. The van der Waals surface area contributed by atoms with Crippen molar-refractivity contribution in [2.75, 3.05) is 39.8 Å². The molecule has 1 amide bonds. The number of amides is 1. The van der Waals surface area contributed by atoms with Gasteiger partial charge in [-0.25, -0.2) is 0 Å². The second-order valence-electron chi connectivity index (χ2n) is 12.9. The summed E-state index contributed by atoms with van der Waals surface area (Å²) in [6.07, 6.45) is 10.7. The van der Waals surface area contributed by atoms with E-state index in [1.165, 1.54) is 42.9 Å². The van der Waals surface area contributed by atoms with Gasteiger partial charge in [0.1, 0.15) is 0 Å². The van der Waals surface area contributed by atoms with Crippen molar-refractivity contribution in [2.45, 2.75) is 93.8 Å². The van der Waals surface area contributed by atoms with Gasteiger partial charge in [0.15, 0.2) is 6.35 Å². The lowest BCUT2D eigenvalue weighted by Crippen LogP contribution is -2.72. The normalized spacial score (nSPS) is 36.0. The first-order valence-corrected chi connectivity index (χ1v) is 16.0. The van der Waals surface area contributed by atoms with Crippen LogP contribution in [0.5, 0.6) is 0 Å². The highest BCUT2D eigenvalue weighted by Crippen LogP contribution is 2.51. The molecule has 9 heteroatoms. The molecule has 2 aliphatic carbocycles. The number of piperazine rings is 1. The lowest BCUT2D eigenvalue weighted by atomic mass is 9.58. The Labute approximate surface area is 250 Å². The summed E-state index contributed by atoms with van der Waals surface area (Å²) in [7, 11) is 2.19. The number of likely N-dealkylation sites (tertiary alicyclic amines) is 1. The maximum Gasteiger partial charge on any atom is 0.246 e. The quantitative estimate of drug-likeness (QED) is 0.497. The Morgan fingerprint density at radius 3 is 2.88 bits per heavy atom. The van der Waals surface area contributed by atoms with E-state index in [1.54, 1.807) is 0 Å². The molecule has 2 N–H and O–H groups in total. The van der Waals surface area contributed by atoms with E-state index in [-0.39, 0.29) is 29.9 Å². The molecule has 6 rings (SSSR count). The second-order valence-corrected chi connectivity index (χ2v) is 13.3. The first kappa shape index (κ1) is 29.1. The molecule has 4 fully saturated rings. The number of hydrogen-bond donors (Lipinski definition) is 2. The predicted molar refractivity (Wildman–Crippen MR) is 160 cm³/mol. The second kappa shape index (κ2) is 12.3. The number of nitriles is 1. The number of carbonyl (C=O) groups is 1. The molecule has 1 saturated carbocycles. The Morgan fingerprint density at radius 2 is 2.10 bits per heavy atom.